The minimum absolute atomic E-state index is 0.464. The molecule has 0 radical (unpaired) electrons. The topological polar surface area (TPSA) is 9.23 Å². The molecule has 0 saturated carbocycles. The van der Waals surface area contributed by atoms with Crippen LogP contribution in [0.15, 0.2) is 24.3 Å². The van der Waals surface area contributed by atoms with Crippen LogP contribution in [0.3, 0.4) is 0 Å². The number of rotatable bonds is 4. The molecule has 1 aliphatic heterocycles. The van der Waals surface area contributed by atoms with Crippen molar-refractivity contribution in [3.8, 4) is 5.75 Å². The molecule has 0 amide bonds. The third-order valence-corrected chi connectivity index (χ3v) is 3.13. The average Bonchev–Trinajstić information content (AvgIpc) is 2.29. The summed E-state index contributed by atoms with van der Waals surface area (Å²) in [5.74, 6) is 1.12. The van der Waals surface area contributed by atoms with Gasteiger partial charge in [-0.05, 0) is 37.3 Å². The second-order valence-corrected chi connectivity index (χ2v) is 4.38. The second-order valence-electron chi connectivity index (χ2n) is 4.38. The van der Waals surface area contributed by atoms with Gasteiger partial charge < -0.3 is 4.74 Å². The molecule has 15 heavy (non-hydrogen) atoms. The summed E-state index contributed by atoms with van der Waals surface area (Å²) in [5, 5.41) is 0. The fraction of sp³-hybridized carbons (Fsp3) is 0.571. The van der Waals surface area contributed by atoms with E-state index in [-0.39, 0.29) is 0 Å². The Morgan fingerprint density at radius 3 is 3.00 bits per heavy atom. The summed E-state index contributed by atoms with van der Waals surface area (Å²) in [6.07, 6.45) is 8.01. The van der Waals surface area contributed by atoms with Crippen molar-refractivity contribution in [2.24, 2.45) is 0 Å². The number of hydrogen-bond donors (Lipinski definition) is 0. The van der Waals surface area contributed by atoms with E-state index in [4.69, 9.17) is 4.74 Å². The highest BCUT2D eigenvalue weighted by Crippen LogP contribution is 2.28. The zero-order valence-electron chi connectivity index (χ0n) is 9.54. The highest BCUT2D eigenvalue weighted by atomic mass is 16.5. The molecule has 1 aromatic rings. The van der Waals surface area contributed by atoms with Gasteiger partial charge >= 0.3 is 0 Å². The Kier molecular flexibility index (Phi) is 3.65. The van der Waals surface area contributed by atoms with Crippen LogP contribution in [0, 0.1) is 0 Å². The maximum absolute atomic E-state index is 5.98. The summed E-state index contributed by atoms with van der Waals surface area (Å²) in [6.45, 7) is 2.25. The van der Waals surface area contributed by atoms with Crippen LogP contribution < -0.4 is 4.74 Å². The van der Waals surface area contributed by atoms with E-state index in [2.05, 4.69) is 31.2 Å². The van der Waals surface area contributed by atoms with E-state index in [1.54, 1.807) is 0 Å². The van der Waals surface area contributed by atoms with Crippen LogP contribution in [0.4, 0.5) is 0 Å². The predicted octanol–water partition coefficient (Wildman–Crippen LogP) is 3.96. The van der Waals surface area contributed by atoms with E-state index in [0.717, 1.165) is 5.75 Å². The number of unbranched alkanes of at least 4 members (excludes halogenated alkanes) is 2. The van der Waals surface area contributed by atoms with Gasteiger partial charge in [0.15, 0.2) is 0 Å². The highest BCUT2D eigenvalue weighted by Gasteiger charge is 2.18. The molecular formula is C14H20O. The van der Waals surface area contributed by atoms with Gasteiger partial charge in [-0.15, -0.1) is 0 Å². The van der Waals surface area contributed by atoms with Gasteiger partial charge in [0.2, 0.25) is 0 Å². The average molecular weight is 204 g/mol. The van der Waals surface area contributed by atoms with Crippen LogP contribution >= 0.6 is 0 Å². The Morgan fingerprint density at radius 1 is 1.27 bits per heavy atom. The van der Waals surface area contributed by atoms with Crippen molar-refractivity contribution >= 4 is 0 Å². The Balaban J connectivity index is 1.88. The van der Waals surface area contributed by atoms with Crippen molar-refractivity contribution in [1.82, 2.24) is 0 Å². The van der Waals surface area contributed by atoms with Gasteiger partial charge in [0, 0.05) is 0 Å². The maximum atomic E-state index is 5.98. The summed E-state index contributed by atoms with van der Waals surface area (Å²) in [5.41, 5.74) is 1.38. The normalized spacial score (nSPS) is 19.4. The first-order chi connectivity index (χ1) is 7.40. The molecule has 1 heterocycles. The lowest BCUT2D eigenvalue weighted by Gasteiger charge is -2.26. The fourth-order valence-corrected chi connectivity index (χ4v) is 2.21. The van der Waals surface area contributed by atoms with Crippen molar-refractivity contribution in [2.75, 3.05) is 0 Å². The van der Waals surface area contributed by atoms with Crippen LogP contribution in [-0.2, 0) is 6.42 Å². The monoisotopic (exact) mass is 204 g/mol. The molecule has 0 aliphatic carbocycles. The molecule has 0 saturated heterocycles. The number of ether oxygens (including phenoxy) is 1. The summed E-state index contributed by atoms with van der Waals surface area (Å²) in [7, 11) is 0. The third kappa shape index (κ3) is 2.74. The second kappa shape index (κ2) is 5.20. The molecule has 1 nitrogen and oxygen atoms in total. The zero-order chi connectivity index (χ0) is 10.5. The molecule has 0 aromatic heterocycles. The summed E-state index contributed by atoms with van der Waals surface area (Å²) in [4.78, 5) is 0. The van der Waals surface area contributed by atoms with Crippen LogP contribution in [0.25, 0.3) is 0 Å². The smallest absolute Gasteiger partial charge is 0.122 e. The minimum atomic E-state index is 0.464. The molecule has 0 spiro atoms. The standard InChI is InChI=1S/C14H20O/c1-2-3-4-8-13-11-10-12-7-5-6-9-14(12)15-13/h5-7,9,13H,2-4,8,10-11H2,1H3. The Hall–Kier alpha value is -0.980. The van der Waals surface area contributed by atoms with Gasteiger partial charge in [-0.1, -0.05) is 38.0 Å². The van der Waals surface area contributed by atoms with E-state index in [9.17, 15) is 0 Å². The number of benzene rings is 1. The van der Waals surface area contributed by atoms with E-state index in [1.807, 2.05) is 0 Å². The summed E-state index contributed by atoms with van der Waals surface area (Å²) >= 11 is 0. The molecule has 0 fully saturated rings. The summed E-state index contributed by atoms with van der Waals surface area (Å²) in [6, 6.07) is 8.44. The van der Waals surface area contributed by atoms with Crippen LogP contribution in [0.5, 0.6) is 5.75 Å². The lowest BCUT2D eigenvalue weighted by Crippen LogP contribution is -2.22. The Bertz CT molecular complexity index is 306. The van der Waals surface area contributed by atoms with Gasteiger partial charge in [-0.25, -0.2) is 0 Å². The van der Waals surface area contributed by atoms with Crippen LogP contribution in [0.1, 0.15) is 44.6 Å². The van der Waals surface area contributed by atoms with Crippen molar-refractivity contribution in [2.45, 2.75) is 51.6 Å². The predicted molar refractivity (Wildman–Crippen MR) is 63.3 cm³/mol. The first kappa shape index (κ1) is 10.5. The van der Waals surface area contributed by atoms with Crippen LogP contribution in [-0.4, -0.2) is 6.10 Å². The highest BCUT2D eigenvalue weighted by molar-refractivity contribution is 5.35. The first-order valence-electron chi connectivity index (χ1n) is 6.14. The van der Waals surface area contributed by atoms with Gasteiger partial charge in [0.1, 0.15) is 5.75 Å². The van der Waals surface area contributed by atoms with Gasteiger partial charge in [0.05, 0.1) is 6.10 Å². The molecule has 2 rings (SSSR count). The lowest BCUT2D eigenvalue weighted by molar-refractivity contribution is 0.160. The largest absolute Gasteiger partial charge is 0.490 e. The lowest BCUT2D eigenvalue weighted by atomic mass is 9.99. The SMILES string of the molecule is CCCCCC1CCc2ccccc2O1. The van der Waals surface area contributed by atoms with Crippen molar-refractivity contribution < 1.29 is 4.74 Å². The molecule has 0 N–H and O–H groups in total. The minimum Gasteiger partial charge on any atom is -0.490 e. The first-order valence-corrected chi connectivity index (χ1v) is 6.14. The van der Waals surface area contributed by atoms with Crippen molar-refractivity contribution in [3.63, 3.8) is 0 Å². The fourth-order valence-electron chi connectivity index (χ4n) is 2.21. The maximum Gasteiger partial charge on any atom is 0.122 e. The Morgan fingerprint density at radius 2 is 2.13 bits per heavy atom. The molecule has 1 aromatic carbocycles. The number of para-hydroxylation sites is 1. The van der Waals surface area contributed by atoms with E-state index < -0.39 is 0 Å². The van der Waals surface area contributed by atoms with Crippen molar-refractivity contribution in [3.05, 3.63) is 29.8 Å². The third-order valence-electron chi connectivity index (χ3n) is 3.13. The van der Waals surface area contributed by atoms with E-state index >= 15 is 0 Å². The van der Waals surface area contributed by atoms with E-state index in [1.165, 1.54) is 44.1 Å². The Labute approximate surface area is 92.5 Å². The molecule has 1 aliphatic rings. The number of hydrogen-bond acceptors (Lipinski definition) is 1. The quantitative estimate of drug-likeness (QED) is 0.674. The van der Waals surface area contributed by atoms with Crippen LogP contribution in [0.2, 0.25) is 0 Å². The zero-order valence-corrected chi connectivity index (χ0v) is 9.54. The van der Waals surface area contributed by atoms with Gasteiger partial charge in [-0.3, -0.25) is 0 Å². The molecule has 1 unspecified atom stereocenters. The van der Waals surface area contributed by atoms with Gasteiger partial charge in [0.25, 0.3) is 0 Å². The summed E-state index contributed by atoms with van der Waals surface area (Å²) < 4.78 is 5.98. The van der Waals surface area contributed by atoms with Crippen molar-refractivity contribution in [1.29, 1.82) is 0 Å². The number of aryl methyl sites for hydroxylation is 1. The number of fused-ring (bicyclic) bond motifs is 1. The molecule has 82 valence electrons. The molecule has 1 heteroatoms. The van der Waals surface area contributed by atoms with Gasteiger partial charge in [-0.2, -0.15) is 0 Å². The molecular weight excluding hydrogens is 184 g/mol. The van der Waals surface area contributed by atoms with E-state index in [0.29, 0.717) is 6.10 Å². The molecule has 0 bridgehead atoms. The molecule has 1 atom stereocenters.